The molecule has 0 heterocycles. The van der Waals surface area contributed by atoms with Crippen LogP contribution in [0.4, 0.5) is 13.2 Å². The van der Waals surface area contributed by atoms with Crippen LogP contribution in [0.1, 0.15) is 32.8 Å². The van der Waals surface area contributed by atoms with Crippen LogP contribution in [0.15, 0.2) is 17.7 Å². The third-order valence-corrected chi connectivity index (χ3v) is 2.74. The average Bonchev–Trinajstić information content (AvgIpc) is 2.34. The molecule has 0 fully saturated rings. The second kappa shape index (κ2) is 7.34. The fraction of sp³-hybridized carbons (Fsp3) is 0.467. The van der Waals surface area contributed by atoms with E-state index in [1.807, 2.05) is 6.92 Å². The van der Waals surface area contributed by atoms with Gasteiger partial charge >= 0.3 is 0 Å². The minimum atomic E-state index is -1.42. The fourth-order valence-corrected chi connectivity index (χ4v) is 1.69. The predicted octanol–water partition coefficient (Wildman–Crippen LogP) is 4.14. The standard InChI is InChI=1S/C15H20F3N/c1-4-11(9-19-8-10(2)3)5-12-6-13(16)15(18)14(17)7-12/h5-7,10,19H,4,8-9H2,1-3H3. The summed E-state index contributed by atoms with van der Waals surface area (Å²) < 4.78 is 39.0. The van der Waals surface area contributed by atoms with Crippen molar-refractivity contribution < 1.29 is 13.2 Å². The zero-order valence-electron chi connectivity index (χ0n) is 11.6. The van der Waals surface area contributed by atoms with Crippen molar-refractivity contribution in [2.24, 2.45) is 5.92 Å². The highest BCUT2D eigenvalue weighted by Gasteiger charge is 2.09. The monoisotopic (exact) mass is 271 g/mol. The topological polar surface area (TPSA) is 12.0 Å². The number of rotatable bonds is 6. The van der Waals surface area contributed by atoms with Gasteiger partial charge in [-0.2, -0.15) is 0 Å². The molecule has 0 saturated heterocycles. The van der Waals surface area contributed by atoms with Gasteiger partial charge in [-0.05, 0) is 36.6 Å². The molecule has 0 aliphatic carbocycles. The van der Waals surface area contributed by atoms with Gasteiger partial charge < -0.3 is 5.32 Å². The molecule has 0 bridgehead atoms. The number of benzene rings is 1. The van der Waals surface area contributed by atoms with Gasteiger partial charge in [0.25, 0.3) is 0 Å². The van der Waals surface area contributed by atoms with Crippen molar-refractivity contribution >= 4 is 6.08 Å². The maximum atomic E-state index is 13.1. The SMILES string of the molecule is CCC(=Cc1cc(F)c(F)c(F)c1)CNCC(C)C. The number of hydrogen-bond donors (Lipinski definition) is 1. The summed E-state index contributed by atoms with van der Waals surface area (Å²) in [6.45, 7) is 7.72. The largest absolute Gasteiger partial charge is 0.313 e. The van der Waals surface area contributed by atoms with Gasteiger partial charge in [-0.15, -0.1) is 0 Å². The van der Waals surface area contributed by atoms with Crippen LogP contribution in [0.25, 0.3) is 6.08 Å². The minimum absolute atomic E-state index is 0.347. The van der Waals surface area contributed by atoms with Gasteiger partial charge in [0.15, 0.2) is 17.5 Å². The van der Waals surface area contributed by atoms with E-state index in [2.05, 4.69) is 19.2 Å². The van der Waals surface area contributed by atoms with E-state index >= 15 is 0 Å². The molecule has 1 rings (SSSR count). The smallest absolute Gasteiger partial charge is 0.194 e. The van der Waals surface area contributed by atoms with Gasteiger partial charge in [-0.1, -0.05) is 32.4 Å². The first-order valence-electron chi connectivity index (χ1n) is 6.48. The van der Waals surface area contributed by atoms with Crippen molar-refractivity contribution in [2.45, 2.75) is 27.2 Å². The summed E-state index contributed by atoms with van der Waals surface area (Å²) in [5.74, 6) is -3.19. The molecule has 0 aliphatic heterocycles. The van der Waals surface area contributed by atoms with Crippen LogP contribution in [0.5, 0.6) is 0 Å². The minimum Gasteiger partial charge on any atom is -0.313 e. The molecule has 0 radical (unpaired) electrons. The summed E-state index contributed by atoms with van der Waals surface area (Å²) in [6, 6.07) is 2.02. The Kier molecular flexibility index (Phi) is 6.09. The predicted molar refractivity (Wildman–Crippen MR) is 72.3 cm³/mol. The van der Waals surface area contributed by atoms with Crippen LogP contribution in [0.2, 0.25) is 0 Å². The van der Waals surface area contributed by atoms with E-state index in [0.717, 1.165) is 30.7 Å². The maximum absolute atomic E-state index is 13.1. The van der Waals surface area contributed by atoms with Crippen LogP contribution < -0.4 is 5.32 Å². The average molecular weight is 271 g/mol. The van der Waals surface area contributed by atoms with E-state index < -0.39 is 17.5 Å². The Morgan fingerprint density at radius 1 is 1.21 bits per heavy atom. The van der Waals surface area contributed by atoms with Crippen molar-refractivity contribution in [3.63, 3.8) is 0 Å². The molecule has 1 nitrogen and oxygen atoms in total. The van der Waals surface area contributed by atoms with Crippen molar-refractivity contribution in [3.8, 4) is 0 Å². The summed E-state index contributed by atoms with van der Waals surface area (Å²) in [7, 11) is 0. The van der Waals surface area contributed by atoms with Crippen LogP contribution >= 0.6 is 0 Å². The number of hydrogen-bond acceptors (Lipinski definition) is 1. The number of nitrogens with one attached hydrogen (secondary N) is 1. The maximum Gasteiger partial charge on any atom is 0.194 e. The Balaban J connectivity index is 2.80. The zero-order valence-corrected chi connectivity index (χ0v) is 11.6. The normalized spacial score (nSPS) is 12.3. The van der Waals surface area contributed by atoms with E-state index in [9.17, 15) is 13.2 Å². The first-order valence-corrected chi connectivity index (χ1v) is 6.48. The Hall–Kier alpha value is -1.29. The highest BCUT2D eigenvalue weighted by molar-refractivity contribution is 5.53. The van der Waals surface area contributed by atoms with Gasteiger partial charge in [0.1, 0.15) is 0 Å². The first kappa shape index (κ1) is 15.8. The quantitative estimate of drug-likeness (QED) is 0.767. The van der Waals surface area contributed by atoms with E-state index in [1.165, 1.54) is 0 Å². The third kappa shape index (κ3) is 5.07. The Morgan fingerprint density at radius 3 is 2.26 bits per heavy atom. The third-order valence-electron chi connectivity index (χ3n) is 2.74. The number of halogens is 3. The summed E-state index contributed by atoms with van der Waals surface area (Å²) in [5.41, 5.74) is 1.37. The molecule has 0 spiro atoms. The van der Waals surface area contributed by atoms with Crippen LogP contribution in [0.3, 0.4) is 0 Å². The Labute approximate surface area is 112 Å². The van der Waals surface area contributed by atoms with Crippen LogP contribution in [0, 0.1) is 23.4 Å². The summed E-state index contributed by atoms with van der Waals surface area (Å²) in [4.78, 5) is 0. The van der Waals surface area contributed by atoms with Crippen LogP contribution in [-0.4, -0.2) is 13.1 Å². The lowest BCUT2D eigenvalue weighted by Gasteiger charge is -2.09. The Morgan fingerprint density at radius 2 is 1.79 bits per heavy atom. The summed E-state index contributed by atoms with van der Waals surface area (Å²) >= 11 is 0. The molecule has 0 unspecified atom stereocenters. The lowest BCUT2D eigenvalue weighted by molar-refractivity contribution is 0.447. The molecule has 4 heteroatoms. The first-order chi connectivity index (χ1) is 8.93. The van der Waals surface area contributed by atoms with Crippen molar-refractivity contribution in [1.29, 1.82) is 0 Å². The van der Waals surface area contributed by atoms with E-state index in [1.54, 1.807) is 6.08 Å². The molecular weight excluding hydrogens is 251 g/mol. The second-order valence-electron chi connectivity index (χ2n) is 4.98. The molecule has 0 aliphatic rings. The van der Waals surface area contributed by atoms with Gasteiger partial charge in [0, 0.05) is 6.54 Å². The molecule has 1 N–H and O–H groups in total. The van der Waals surface area contributed by atoms with Crippen molar-refractivity contribution in [1.82, 2.24) is 5.32 Å². The molecule has 0 aromatic heterocycles. The lowest BCUT2D eigenvalue weighted by Crippen LogP contribution is -2.21. The highest BCUT2D eigenvalue weighted by atomic mass is 19.2. The molecule has 106 valence electrons. The lowest BCUT2D eigenvalue weighted by atomic mass is 10.1. The summed E-state index contributed by atoms with van der Waals surface area (Å²) in [6.07, 6.45) is 2.46. The molecule has 0 amide bonds. The van der Waals surface area contributed by atoms with Crippen molar-refractivity contribution in [2.75, 3.05) is 13.1 Å². The second-order valence-corrected chi connectivity index (χ2v) is 4.98. The van der Waals surface area contributed by atoms with Crippen molar-refractivity contribution in [3.05, 3.63) is 40.7 Å². The van der Waals surface area contributed by atoms with Gasteiger partial charge in [0.2, 0.25) is 0 Å². The van der Waals surface area contributed by atoms with E-state index in [4.69, 9.17) is 0 Å². The highest BCUT2D eigenvalue weighted by Crippen LogP contribution is 2.16. The van der Waals surface area contributed by atoms with Gasteiger partial charge in [-0.25, -0.2) is 13.2 Å². The summed E-state index contributed by atoms with van der Waals surface area (Å²) in [5, 5.41) is 3.27. The van der Waals surface area contributed by atoms with Crippen LogP contribution in [-0.2, 0) is 0 Å². The van der Waals surface area contributed by atoms with E-state index in [-0.39, 0.29) is 0 Å². The zero-order chi connectivity index (χ0) is 14.4. The molecule has 0 atom stereocenters. The molecule has 19 heavy (non-hydrogen) atoms. The fourth-order valence-electron chi connectivity index (χ4n) is 1.69. The van der Waals surface area contributed by atoms with E-state index in [0.29, 0.717) is 18.0 Å². The molecular formula is C15H20F3N. The molecule has 1 aromatic carbocycles. The molecule has 0 saturated carbocycles. The van der Waals surface area contributed by atoms with Gasteiger partial charge in [0.05, 0.1) is 0 Å². The molecule has 1 aromatic rings. The van der Waals surface area contributed by atoms with Gasteiger partial charge in [-0.3, -0.25) is 0 Å². The Bertz CT molecular complexity index is 430.